The van der Waals surface area contributed by atoms with E-state index in [1.807, 2.05) is 0 Å². The lowest BCUT2D eigenvalue weighted by molar-refractivity contribution is -0.137. The molecule has 0 spiro atoms. The van der Waals surface area contributed by atoms with Crippen LogP contribution in [-0.2, 0) is 9.59 Å². The Morgan fingerprint density at radius 1 is 1.31 bits per heavy atom. The van der Waals surface area contributed by atoms with Gasteiger partial charge in [0.25, 0.3) is 0 Å². The van der Waals surface area contributed by atoms with Gasteiger partial charge in [-0.2, -0.15) is 0 Å². The van der Waals surface area contributed by atoms with Crippen LogP contribution in [0.15, 0.2) is 0 Å². The highest BCUT2D eigenvalue weighted by atomic mass is 16.4. The number of nitrogens with one attached hydrogen (secondary N) is 2. The fraction of sp³-hybridized carbons (Fsp3) is 0.750. The molecule has 76 valence electrons. The van der Waals surface area contributed by atoms with Crippen molar-refractivity contribution in [2.75, 3.05) is 20.1 Å². The van der Waals surface area contributed by atoms with Gasteiger partial charge in [0, 0.05) is 13.0 Å². The molecule has 5 nitrogen and oxygen atoms in total. The number of hydrogen-bond acceptors (Lipinski definition) is 3. The molecule has 0 aromatic heterocycles. The van der Waals surface area contributed by atoms with Crippen LogP contribution in [0.4, 0.5) is 0 Å². The van der Waals surface area contributed by atoms with Crippen LogP contribution in [0.1, 0.15) is 19.3 Å². The van der Waals surface area contributed by atoms with E-state index in [1.165, 1.54) is 0 Å². The zero-order valence-corrected chi connectivity index (χ0v) is 7.80. The molecule has 5 heteroatoms. The summed E-state index contributed by atoms with van der Waals surface area (Å²) in [6.45, 7) is 0.854. The van der Waals surface area contributed by atoms with E-state index < -0.39 is 5.97 Å². The zero-order chi connectivity index (χ0) is 10.1. The monoisotopic (exact) mass is 188 g/mol. The number of carboxylic acids is 1. The molecular weight excluding hydrogens is 172 g/mol. The van der Waals surface area contributed by atoms with Crippen molar-refractivity contribution >= 4 is 11.9 Å². The van der Waals surface area contributed by atoms with Crippen molar-refractivity contribution in [3.8, 4) is 0 Å². The van der Waals surface area contributed by atoms with E-state index in [0.29, 0.717) is 25.9 Å². The molecule has 0 saturated heterocycles. The minimum atomic E-state index is -0.790. The number of carbonyl (C=O) groups is 2. The summed E-state index contributed by atoms with van der Waals surface area (Å²) in [5.74, 6) is -0.848. The number of aliphatic carboxylic acids is 1. The number of amides is 1. The van der Waals surface area contributed by atoms with Crippen molar-refractivity contribution in [1.82, 2.24) is 10.6 Å². The van der Waals surface area contributed by atoms with Crippen molar-refractivity contribution in [1.29, 1.82) is 0 Å². The summed E-state index contributed by atoms with van der Waals surface area (Å²) in [5, 5.41) is 13.7. The van der Waals surface area contributed by atoms with Crippen LogP contribution in [0.2, 0.25) is 0 Å². The van der Waals surface area contributed by atoms with Gasteiger partial charge in [-0.1, -0.05) is 0 Å². The molecule has 0 rings (SSSR count). The normalized spacial score (nSPS) is 9.62. The summed E-state index contributed by atoms with van der Waals surface area (Å²) in [7, 11) is 1.70. The molecule has 0 unspecified atom stereocenters. The number of hydrogen-bond donors (Lipinski definition) is 3. The van der Waals surface area contributed by atoms with Crippen molar-refractivity contribution in [2.24, 2.45) is 0 Å². The lowest BCUT2D eigenvalue weighted by Crippen LogP contribution is -2.32. The van der Waals surface area contributed by atoms with E-state index in [9.17, 15) is 9.59 Å². The molecule has 3 N–H and O–H groups in total. The van der Waals surface area contributed by atoms with Gasteiger partial charge in [0.2, 0.25) is 5.91 Å². The van der Waals surface area contributed by atoms with Gasteiger partial charge in [0.1, 0.15) is 0 Å². The first kappa shape index (κ1) is 11.9. The van der Waals surface area contributed by atoms with Crippen molar-refractivity contribution < 1.29 is 14.7 Å². The fourth-order valence-electron chi connectivity index (χ4n) is 0.852. The number of unbranched alkanes of at least 4 members (excludes halogenated alkanes) is 1. The largest absolute Gasteiger partial charge is 0.481 e. The lowest BCUT2D eigenvalue weighted by Gasteiger charge is -2.02. The SMILES string of the molecule is CNCC(=O)NCCCCC(=O)O. The Morgan fingerprint density at radius 3 is 2.54 bits per heavy atom. The van der Waals surface area contributed by atoms with E-state index in [0.717, 1.165) is 0 Å². The first-order valence-electron chi connectivity index (χ1n) is 4.30. The van der Waals surface area contributed by atoms with Crippen LogP contribution >= 0.6 is 0 Å². The van der Waals surface area contributed by atoms with Gasteiger partial charge in [-0.3, -0.25) is 9.59 Å². The summed E-state index contributed by atoms with van der Waals surface area (Å²) in [6, 6.07) is 0. The van der Waals surface area contributed by atoms with Gasteiger partial charge in [0.05, 0.1) is 6.54 Å². The molecule has 0 aromatic carbocycles. The number of carbonyl (C=O) groups excluding carboxylic acids is 1. The predicted octanol–water partition coefficient (Wildman–Crippen LogP) is -0.423. The Morgan fingerprint density at radius 2 is 2.00 bits per heavy atom. The molecule has 0 aliphatic rings. The molecule has 0 radical (unpaired) electrons. The van der Waals surface area contributed by atoms with Crippen LogP contribution in [0.3, 0.4) is 0 Å². The lowest BCUT2D eigenvalue weighted by atomic mass is 10.2. The molecular formula is C8H16N2O3. The summed E-state index contributed by atoms with van der Waals surface area (Å²) < 4.78 is 0. The molecule has 0 aromatic rings. The standard InChI is InChI=1S/C8H16N2O3/c1-9-6-7(11)10-5-3-2-4-8(12)13/h9H,2-6H2,1H3,(H,10,11)(H,12,13). The molecule has 0 aliphatic heterocycles. The second-order valence-corrected chi connectivity index (χ2v) is 2.73. The maximum atomic E-state index is 10.9. The smallest absolute Gasteiger partial charge is 0.303 e. The Labute approximate surface area is 77.5 Å². The number of carboxylic acid groups (broad SMARTS) is 1. The summed E-state index contributed by atoms with van der Waals surface area (Å²) in [5.41, 5.74) is 0. The molecule has 0 bridgehead atoms. The second-order valence-electron chi connectivity index (χ2n) is 2.73. The van der Waals surface area contributed by atoms with E-state index in [2.05, 4.69) is 10.6 Å². The van der Waals surface area contributed by atoms with Crippen LogP contribution in [-0.4, -0.2) is 37.1 Å². The van der Waals surface area contributed by atoms with Crippen LogP contribution < -0.4 is 10.6 Å². The molecule has 0 saturated carbocycles. The van der Waals surface area contributed by atoms with Gasteiger partial charge in [-0.15, -0.1) is 0 Å². The average molecular weight is 188 g/mol. The maximum absolute atomic E-state index is 10.9. The third kappa shape index (κ3) is 8.81. The predicted molar refractivity (Wildman–Crippen MR) is 48.4 cm³/mol. The molecule has 13 heavy (non-hydrogen) atoms. The highest BCUT2D eigenvalue weighted by Crippen LogP contribution is 1.92. The van der Waals surface area contributed by atoms with E-state index in [1.54, 1.807) is 7.05 Å². The van der Waals surface area contributed by atoms with Gasteiger partial charge >= 0.3 is 5.97 Å². The number of rotatable bonds is 7. The third-order valence-electron chi connectivity index (χ3n) is 1.48. The minimum absolute atomic E-state index is 0.0576. The van der Waals surface area contributed by atoms with Crippen molar-refractivity contribution in [3.63, 3.8) is 0 Å². The van der Waals surface area contributed by atoms with Gasteiger partial charge < -0.3 is 15.7 Å². The van der Waals surface area contributed by atoms with E-state index in [-0.39, 0.29) is 12.3 Å². The van der Waals surface area contributed by atoms with Crippen LogP contribution in [0, 0.1) is 0 Å². The summed E-state index contributed by atoms with van der Waals surface area (Å²) in [4.78, 5) is 21.0. The minimum Gasteiger partial charge on any atom is -0.481 e. The Bertz CT molecular complexity index is 171. The molecule has 0 heterocycles. The first-order valence-corrected chi connectivity index (χ1v) is 4.30. The average Bonchev–Trinajstić information content (AvgIpc) is 2.03. The third-order valence-corrected chi connectivity index (χ3v) is 1.48. The molecule has 0 fully saturated rings. The quantitative estimate of drug-likeness (QED) is 0.474. The van der Waals surface area contributed by atoms with Crippen molar-refractivity contribution in [3.05, 3.63) is 0 Å². The van der Waals surface area contributed by atoms with Gasteiger partial charge in [-0.25, -0.2) is 0 Å². The maximum Gasteiger partial charge on any atom is 0.303 e. The first-order chi connectivity index (χ1) is 6.16. The highest BCUT2D eigenvalue weighted by molar-refractivity contribution is 5.77. The Balaban J connectivity index is 3.16. The van der Waals surface area contributed by atoms with Crippen molar-refractivity contribution in [2.45, 2.75) is 19.3 Å². The zero-order valence-electron chi connectivity index (χ0n) is 7.80. The second kappa shape index (κ2) is 7.54. The Kier molecular flexibility index (Phi) is 6.91. The van der Waals surface area contributed by atoms with Gasteiger partial charge in [0.15, 0.2) is 0 Å². The topological polar surface area (TPSA) is 78.4 Å². The number of likely N-dealkylation sites (N-methyl/N-ethyl adjacent to an activating group) is 1. The molecule has 0 atom stereocenters. The van der Waals surface area contributed by atoms with E-state index >= 15 is 0 Å². The molecule has 1 amide bonds. The highest BCUT2D eigenvalue weighted by Gasteiger charge is 1.98. The van der Waals surface area contributed by atoms with E-state index in [4.69, 9.17) is 5.11 Å². The van der Waals surface area contributed by atoms with Crippen LogP contribution in [0.5, 0.6) is 0 Å². The summed E-state index contributed by atoms with van der Waals surface area (Å²) >= 11 is 0. The molecule has 0 aliphatic carbocycles. The summed E-state index contributed by atoms with van der Waals surface area (Å²) in [6.07, 6.45) is 1.48. The van der Waals surface area contributed by atoms with Crippen LogP contribution in [0.25, 0.3) is 0 Å². The fourth-order valence-corrected chi connectivity index (χ4v) is 0.852. The van der Waals surface area contributed by atoms with Gasteiger partial charge in [-0.05, 0) is 19.9 Å². The Hall–Kier alpha value is -1.10.